The Hall–Kier alpha value is -1.17. The number of nitrogens with two attached hydrogens (primary N) is 1. The molecule has 2 unspecified atom stereocenters. The van der Waals surface area contributed by atoms with E-state index in [9.17, 15) is 4.79 Å². The van der Waals surface area contributed by atoms with Crippen LogP contribution in [0.3, 0.4) is 0 Å². The molecule has 0 radical (unpaired) electrons. The second-order valence-electron chi connectivity index (χ2n) is 5.65. The Morgan fingerprint density at radius 1 is 1.26 bits per heavy atom. The lowest BCUT2D eigenvalue weighted by Crippen LogP contribution is -2.35. The molecule has 0 bridgehead atoms. The number of anilines is 1. The highest BCUT2D eigenvalue weighted by Crippen LogP contribution is 2.36. The number of amides is 1. The van der Waals surface area contributed by atoms with Gasteiger partial charge in [-0.05, 0) is 24.8 Å². The molecule has 1 fully saturated rings. The molecule has 3 N–H and O–H groups in total. The van der Waals surface area contributed by atoms with Crippen molar-refractivity contribution < 1.29 is 14.3 Å². The lowest BCUT2D eigenvalue weighted by Gasteiger charge is -2.28. The SMILES string of the molecule is COc1cc(OC)c(NC(=O)CC2CCCCC2N)cc1Cl.Cl. The van der Waals surface area contributed by atoms with Crippen LogP contribution in [-0.2, 0) is 4.79 Å². The first-order chi connectivity index (χ1) is 10.5. The maximum absolute atomic E-state index is 12.3. The Morgan fingerprint density at radius 3 is 2.52 bits per heavy atom. The third kappa shape index (κ3) is 5.16. The Bertz CT molecular complexity index is 540. The zero-order valence-corrected chi connectivity index (χ0v) is 15.0. The van der Waals surface area contributed by atoms with Gasteiger partial charge in [0.05, 0.1) is 24.9 Å². The first-order valence-corrected chi connectivity index (χ1v) is 7.90. The van der Waals surface area contributed by atoms with Gasteiger partial charge in [-0.2, -0.15) is 0 Å². The van der Waals surface area contributed by atoms with E-state index in [2.05, 4.69) is 5.32 Å². The number of nitrogens with one attached hydrogen (secondary N) is 1. The number of ether oxygens (including phenoxy) is 2. The maximum Gasteiger partial charge on any atom is 0.224 e. The van der Waals surface area contributed by atoms with Gasteiger partial charge in [0.25, 0.3) is 0 Å². The first-order valence-electron chi connectivity index (χ1n) is 7.52. The summed E-state index contributed by atoms with van der Waals surface area (Å²) in [4.78, 5) is 12.3. The Kier molecular flexibility index (Phi) is 7.95. The van der Waals surface area contributed by atoms with Crippen molar-refractivity contribution in [3.63, 3.8) is 0 Å². The average Bonchev–Trinajstić information content (AvgIpc) is 2.50. The smallest absolute Gasteiger partial charge is 0.224 e. The lowest BCUT2D eigenvalue weighted by molar-refractivity contribution is -0.117. The highest BCUT2D eigenvalue weighted by Gasteiger charge is 2.24. The normalized spacial score (nSPS) is 20.3. The number of hydrogen-bond acceptors (Lipinski definition) is 4. The molecule has 0 spiro atoms. The summed E-state index contributed by atoms with van der Waals surface area (Å²) in [6, 6.07) is 3.41. The zero-order chi connectivity index (χ0) is 16.1. The molecule has 1 aliphatic carbocycles. The van der Waals surface area contributed by atoms with Gasteiger partial charge in [-0.25, -0.2) is 0 Å². The topological polar surface area (TPSA) is 73.6 Å². The minimum atomic E-state index is -0.0677. The van der Waals surface area contributed by atoms with Crippen molar-refractivity contribution in [3.05, 3.63) is 17.2 Å². The first kappa shape index (κ1) is 19.9. The lowest BCUT2D eigenvalue weighted by atomic mass is 9.83. The average molecular weight is 363 g/mol. The third-order valence-electron chi connectivity index (χ3n) is 4.16. The summed E-state index contributed by atoms with van der Waals surface area (Å²) >= 11 is 6.11. The molecule has 1 amide bonds. The fourth-order valence-corrected chi connectivity index (χ4v) is 3.13. The van der Waals surface area contributed by atoms with Crippen LogP contribution in [0.1, 0.15) is 32.1 Å². The van der Waals surface area contributed by atoms with Crippen LogP contribution in [0, 0.1) is 5.92 Å². The fraction of sp³-hybridized carbons (Fsp3) is 0.562. The van der Waals surface area contributed by atoms with Crippen LogP contribution >= 0.6 is 24.0 Å². The van der Waals surface area contributed by atoms with Crippen LogP contribution in [0.4, 0.5) is 5.69 Å². The highest BCUT2D eigenvalue weighted by atomic mass is 35.5. The van der Waals surface area contributed by atoms with E-state index >= 15 is 0 Å². The fourth-order valence-electron chi connectivity index (χ4n) is 2.89. The summed E-state index contributed by atoms with van der Waals surface area (Å²) in [6.45, 7) is 0. The monoisotopic (exact) mass is 362 g/mol. The molecule has 1 aromatic rings. The van der Waals surface area contributed by atoms with Crippen molar-refractivity contribution in [2.24, 2.45) is 11.7 Å². The number of rotatable bonds is 5. The van der Waals surface area contributed by atoms with Crippen LogP contribution in [0.5, 0.6) is 11.5 Å². The Labute approximate surface area is 148 Å². The number of benzene rings is 1. The van der Waals surface area contributed by atoms with Crippen LogP contribution in [-0.4, -0.2) is 26.2 Å². The van der Waals surface area contributed by atoms with E-state index in [4.69, 9.17) is 26.8 Å². The van der Waals surface area contributed by atoms with Crippen LogP contribution in [0.2, 0.25) is 5.02 Å². The molecule has 7 heteroatoms. The number of carbonyl (C=O) groups excluding carboxylic acids is 1. The highest BCUT2D eigenvalue weighted by molar-refractivity contribution is 6.32. The molecule has 1 aromatic carbocycles. The summed E-state index contributed by atoms with van der Waals surface area (Å²) in [5, 5.41) is 3.29. The minimum absolute atomic E-state index is 0. The number of hydrogen-bond donors (Lipinski definition) is 2. The molecule has 2 atom stereocenters. The molecule has 5 nitrogen and oxygen atoms in total. The van der Waals surface area contributed by atoms with Crippen molar-refractivity contribution >= 4 is 35.6 Å². The number of methoxy groups -OCH3 is 2. The summed E-state index contributed by atoms with van der Waals surface area (Å²) in [5.74, 6) is 1.20. The van der Waals surface area contributed by atoms with Crippen molar-refractivity contribution in [2.45, 2.75) is 38.1 Å². The summed E-state index contributed by atoms with van der Waals surface area (Å²) in [7, 11) is 3.07. The van der Waals surface area contributed by atoms with Gasteiger partial charge >= 0.3 is 0 Å². The van der Waals surface area contributed by atoms with Gasteiger partial charge in [0, 0.05) is 18.5 Å². The van der Waals surface area contributed by atoms with E-state index in [0.29, 0.717) is 28.6 Å². The van der Waals surface area contributed by atoms with Gasteiger partial charge in [-0.15, -0.1) is 12.4 Å². The van der Waals surface area contributed by atoms with Gasteiger partial charge in [0.15, 0.2) is 0 Å². The second kappa shape index (κ2) is 9.21. The van der Waals surface area contributed by atoms with E-state index in [-0.39, 0.29) is 30.3 Å². The van der Waals surface area contributed by atoms with E-state index in [1.807, 2.05) is 0 Å². The van der Waals surface area contributed by atoms with Crippen molar-refractivity contribution in [3.8, 4) is 11.5 Å². The van der Waals surface area contributed by atoms with Gasteiger partial charge in [-0.1, -0.05) is 24.4 Å². The standard InChI is InChI=1S/C16H23ClN2O3.ClH/c1-21-14-9-15(22-2)13(8-11(14)17)19-16(20)7-10-5-3-4-6-12(10)18;/h8-10,12H,3-7,18H2,1-2H3,(H,19,20);1H. The maximum atomic E-state index is 12.3. The molecule has 2 rings (SSSR count). The molecular formula is C16H24Cl2N2O3. The van der Waals surface area contributed by atoms with Gasteiger partial charge in [-0.3, -0.25) is 4.79 Å². The summed E-state index contributed by atoms with van der Waals surface area (Å²) in [6.07, 6.45) is 4.73. The van der Waals surface area contributed by atoms with Crippen LogP contribution in [0.25, 0.3) is 0 Å². The summed E-state index contributed by atoms with van der Waals surface area (Å²) in [5.41, 5.74) is 6.64. The molecular weight excluding hydrogens is 339 g/mol. The number of carbonyl (C=O) groups is 1. The van der Waals surface area contributed by atoms with Crippen molar-refractivity contribution in [1.82, 2.24) is 0 Å². The molecule has 1 aliphatic rings. The van der Waals surface area contributed by atoms with E-state index in [1.165, 1.54) is 14.2 Å². The zero-order valence-electron chi connectivity index (χ0n) is 13.4. The molecule has 0 aromatic heterocycles. The Balaban J connectivity index is 0.00000264. The van der Waals surface area contributed by atoms with Gasteiger partial charge < -0.3 is 20.5 Å². The molecule has 0 saturated heterocycles. The predicted molar refractivity (Wildman–Crippen MR) is 95.0 cm³/mol. The van der Waals surface area contributed by atoms with Crippen LogP contribution < -0.4 is 20.5 Å². The van der Waals surface area contributed by atoms with E-state index in [0.717, 1.165) is 25.7 Å². The van der Waals surface area contributed by atoms with Crippen LogP contribution in [0.15, 0.2) is 12.1 Å². The molecule has 0 heterocycles. The van der Waals surface area contributed by atoms with Gasteiger partial charge in [0.1, 0.15) is 11.5 Å². The second-order valence-corrected chi connectivity index (χ2v) is 6.05. The van der Waals surface area contributed by atoms with E-state index in [1.54, 1.807) is 12.1 Å². The molecule has 1 saturated carbocycles. The van der Waals surface area contributed by atoms with E-state index < -0.39 is 0 Å². The Morgan fingerprint density at radius 2 is 1.91 bits per heavy atom. The van der Waals surface area contributed by atoms with Crippen molar-refractivity contribution in [1.29, 1.82) is 0 Å². The predicted octanol–water partition coefficient (Wildman–Crippen LogP) is 3.63. The third-order valence-corrected chi connectivity index (χ3v) is 4.46. The molecule has 23 heavy (non-hydrogen) atoms. The quantitative estimate of drug-likeness (QED) is 0.838. The number of halogens is 2. The largest absolute Gasteiger partial charge is 0.495 e. The molecule has 130 valence electrons. The molecule has 0 aliphatic heterocycles. The minimum Gasteiger partial charge on any atom is -0.495 e. The van der Waals surface area contributed by atoms with Gasteiger partial charge in [0.2, 0.25) is 5.91 Å². The van der Waals surface area contributed by atoms with Crippen molar-refractivity contribution in [2.75, 3.05) is 19.5 Å². The summed E-state index contributed by atoms with van der Waals surface area (Å²) < 4.78 is 10.4.